The van der Waals surface area contributed by atoms with E-state index in [1.807, 2.05) is 49.4 Å². The fraction of sp³-hybridized carbons (Fsp3) is 0.235. The Morgan fingerprint density at radius 2 is 1.81 bits per heavy atom. The molecule has 2 aromatic rings. The number of anilines is 1. The molecular formula is C17H18BrNO2. The van der Waals surface area contributed by atoms with Crippen LogP contribution in [0.4, 0.5) is 5.69 Å². The molecule has 4 heteroatoms. The first kappa shape index (κ1) is 15.7. The van der Waals surface area contributed by atoms with E-state index in [4.69, 9.17) is 5.11 Å². The summed E-state index contributed by atoms with van der Waals surface area (Å²) in [5.74, 6) is -0.0175. The Hall–Kier alpha value is -1.65. The summed E-state index contributed by atoms with van der Waals surface area (Å²) >= 11 is 3.39. The molecule has 2 N–H and O–H groups in total. The molecule has 0 saturated heterocycles. The van der Waals surface area contributed by atoms with Crippen LogP contribution < -0.4 is 5.32 Å². The second-order valence-electron chi connectivity index (χ2n) is 4.98. The number of hydrogen-bond donors (Lipinski definition) is 2. The lowest BCUT2D eigenvalue weighted by molar-refractivity contribution is -0.116. The number of amides is 1. The van der Waals surface area contributed by atoms with Gasteiger partial charge in [0.25, 0.3) is 0 Å². The average molecular weight is 348 g/mol. The number of carbonyl (C=O) groups is 1. The van der Waals surface area contributed by atoms with E-state index in [0.29, 0.717) is 12.8 Å². The second kappa shape index (κ2) is 7.38. The van der Waals surface area contributed by atoms with Crippen molar-refractivity contribution in [2.45, 2.75) is 26.4 Å². The molecule has 0 unspecified atom stereocenters. The van der Waals surface area contributed by atoms with Crippen LogP contribution in [-0.2, 0) is 17.8 Å². The third kappa shape index (κ3) is 4.69. The number of aliphatic hydroxyl groups excluding tert-OH is 1. The van der Waals surface area contributed by atoms with Crippen molar-refractivity contribution < 1.29 is 9.90 Å². The molecule has 0 spiro atoms. The van der Waals surface area contributed by atoms with Crippen LogP contribution >= 0.6 is 15.9 Å². The zero-order valence-electron chi connectivity index (χ0n) is 11.9. The first-order chi connectivity index (χ1) is 10.1. The standard InChI is InChI=1S/C17H18BrNO2/c1-12-2-3-14(11-20)10-16(12)19-17(21)9-6-13-4-7-15(18)8-5-13/h2-5,7-8,10,20H,6,9,11H2,1H3,(H,19,21). The number of benzene rings is 2. The molecule has 110 valence electrons. The lowest BCUT2D eigenvalue weighted by Gasteiger charge is -2.10. The van der Waals surface area contributed by atoms with E-state index < -0.39 is 0 Å². The van der Waals surface area contributed by atoms with E-state index in [-0.39, 0.29) is 12.5 Å². The number of carbonyl (C=O) groups excluding carboxylic acids is 1. The summed E-state index contributed by atoms with van der Waals surface area (Å²) in [7, 11) is 0. The average Bonchev–Trinajstić information content (AvgIpc) is 2.49. The smallest absolute Gasteiger partial charge is 0.224 e. The predicted octanol–water partition coefficient (Wildman–Crippen LogP) is 3.82. The van der Waals surface area contributed by atoms with Gasteiger partial charge in [-0.25, -0.2) is 0 Å². The Bertz CT molecular complexity index is 623. The molecule has 2 aromatic carbocycles. The van der Waals surface area contributed by atoms with Gasteiger partial charge in [0.2, 0.25) is 5.91 Å². The number of nitrogens with one attached hydrogen (secondary N) is 1. The summed E-state index contributed by atoms with van der Waals surface area (Å²) in [5, 5.41) is 12.1. The predicted molar refractivity (Wildman–Crippen MR) is 88.2 cm³/mol. The number of aliphatic hydroxyl groups is 1. The maximum Gasteiger partial charge on any atom is 0.224 e. The van der Waals surface area contributed by atoms with Crippen molar-refractivity contribution in [2.24, 2.45) is 0 Å². The van der Waals surface area contributed by atoms with E-state index in [0.717, 1.165) is 26.9 Å². The Morgan fingerprint density at radius 1 is 1.14 bits per heavy atom. The Kier molecular flexibility index (Phi) is 5.53. The number of aryl methyl sites for hydroxylation is 2. The molecule has 0 radical (unpaired) electrons. The topological polar surface area (TPSA) is 49.3 Å². The molecule has 0 aliphatic rings. The molecule has 0 fully saturated rings. The van der Waals surface area contributed by atoms with Gasteiger partial charge in [0.1, 0.15) is 0 Å². The van der Waals surface area contributed by atoms with Crippen molar-refractivity contribution in [3.8, 4) is 0 Å². The molecule has 0 aliphatic carbocycles. The molecule has 0 bridgehead atoms. The molecule has 0 aliphatic heterocycles. The summed E-state index contributed by atoms with van der Waals surface area (Å²) < 4.78 is 1.03. The maximum atomic E-state index is 12.0. The van der Waals surface area contributed by atoms with Crippen molar-refractivity contribution in [1.82, 2.24) is 0 Å². The van der Waals surface area contributed by atoms with Crippen molar-refractivity contribution in [1.29, 1.82) is 0 Å². The fourth-order valence-corrected chi connectivity index (χ4v) is 2.29. The molecule has 0 saturated carbocycles. The number of hydrogen-bond acceptors (Lipinski definition) is 2. The van der Waals surface area contributed by atoms with Gasteiger partial charge in [-0.05, 0) is 48.2 Å². The highest BCUT2D eigenvalue weighted by atomic mass is 79.9. The third-order valence-corrected chi connectivity index (χ3v) is 3.84. The van der Waals surface area contributed by atoms with Gasteiger partial charge in [-0.1, -0.05) is 40.2 Å². The van der Waals surface area contributed by atoms with Crippen LogP contribution in [0.15, 0.2) is 46.9 Å². The van der Waals surface area contributed by atoms with Crippen molar-refractivity contribution >= 4 is 27.5 Å². The molecule has 0 heterocycles. The molecule has 0 aromatic heterocycles. The lowest BCUT2D eigenvalue weighted by Crippen LogP contribution is -2.13. The molecule has 2 rings (SSSR count). The van der Waals surface area contributed by atoms with Gasteiger partial charge in [0.15, 0.2) is 0 Å². The van der Waals surface area contributed by atoms with Gasteiger partial charge in [-0.3, -0.25) is 4.79 Å². The van der Waals surface area contributed by atoms with Crippen molar-refractivity contribution in [3.63, 3.8) is 0 Å². The largest absolute Gasteiger partial charge is 0.392 e. The van der Waals surface area contributed by atoms with Crippen LogP contribution in [0.3, 0.4) is 0 Å². The zero-order chi connectivity index (χ0) is 15.2. The molecule has 21 heavy (non-hydrogen) atoms. The third-order valence-electron chi connectivity index (χ3n) is 3.31. The summed E-state index contributed by atoms with van der Waals surface area (Å²) in [5.41, 5.74) is 3.68. The first-order valence-corrected chi connectivity index (χ1v) is 7.62. The van der Waals surface area contributed by atoms with Gasteiger partial charge in [-0.2, -0.15) is 0 Å². The van der Waals surface area contributed by atoms with E-state index >= 15 is 0 Å². The highest BCUT2D eigenvalue weighted by Crippen LogP contribution is 2.18. The van der Waals surface area contributed by atoms with Crippen LogP contribution in [0.1, 0.15) is 23.1 Å². The minimum atomic E-state index is -0.0258. The van der Waals surface area contributed by atoms with E-state index in [1.165, 1.54) is 0 Å². The van der Waals surface area contributed by atoms with Gasteiger partial charge in [0.05, 0.1) is 6.61 Å². The number of halogens is 1. The first-order valence-electron chi connectivity index (χ1n) is 6.83. The molecule has 1 amide bonds. The van der Waals surface area contributed by atoms with Crippen molar-refractivity contribution in [2.75, 3.05) is 5.32 Å². The van der Waals surface area contributed by atoms with E-state index in [1.54, 1.807) is 0 Å². The highest BCUT2D eigenvalue weighted by molar-refractivity contribution is 9.10. The van der Waals surface area contributed by atoms with Gasteiger partial charge >= 0.3 is 0 Å². The van der Waals surface area contributed by atoms with Gasteiger partial charge in [-0.15, -0.1) is 0 Å². The molecular weight excluding hydrogens is 330 g/mol. The summed E-state index contributed by atoms with van der Waals surface area (Å²) in [6.07, 6.45) is 1.14. The van der Waals surface area contributed by atoms with Crippen LogP contribution in [0.25, 0.3) is 0 Å². The maximum absolute atomic E-state index is 12.0. The lowest BCUT2D eigenvalue weighted by atomic mass is 10.1. The van der Waals surface area contributed by atoms with Crippen LogP contribution in [0.5, 0.6) is 0 Å². The quantitative estimate of drug-likeness (QED) is 0.863. The van der Waals surface area contributed by atoms with Crippen LogP contribution in [0, 0.1) is 6.92 Å². The highest BCUT2D eigenvalue weighted by Gasteiger charge is 2.06. The summed E-state index contributed by atoms with van der Waals surface area (Å²) in [4.78, 5) is 12.0. The van der Waals surface area contributed by atoms with E-state index in [9.17, 15) is 4.79 Å². The summed E-state index contributed by atoms with van der Waals surface area (Å²) in [6, 6.07) is 13.5. The van der Waals surface area contributed by atoms with Crippen molar-refractivity contribution in [3.05, 3.63) is 63.6 Å². The van der Waals surface area contributed by atoms with Gasteiger partial charge in [0, 0.05) is 16.6 Å². The van der Waals surface area contributed by atoms with Crippen LogP contribution in [0.2, 0.25) is 0 Å². The SMILES string of the molecule is Cc1ccc(CO)cc1NC(=O)CCc1ccc(Br)cc1. The fourth-order valence-electron chi connectivity index (χ4n) is 2.02. The monoisotopic (exact) mass is 347 g/mol. The normalized spacial score (nSPS) is 10.4. The summed E-state index contributed by atoms with van der Waals surface area (Å²) in [6.45, 7) is 1.91. The Balaban J connectivity index is 1.94. The minimum Gasteiger partial charge on any atom is -0.392 e. The minimum absolute atomic E-state index is 0.0175. The Labute approximate surface area is 133 Å². The van der Waals surface area contributed by atoms with Crippen LogP contribution in [-0.4, -0.2) is 11.0 Å². The number of rotatable bonds is 5. The van der Waals surface area contributed by atoms with E-state index in [2.05, 4.69) is 21.2 Å². The Morgan fingerprint density at radius 3 is 2.48 bits per heavy atom. The second-order valence-corrected chi connectivity index (χ2v) is 5.90. The van der Waals surface area contributed by atoms with Gasteiger partial charge < -0.3 is 10.4 Å². The molecule has 3 nitrogen and oxygen atoms in total. The molecule has 0 atom stereocenters. The zero-order valence-corrected chi connectivity index (χ0v) is 13.5.